The van der Waals surface area contributed by atoms with Crippen LogP contribution in [0.15, 0.2) is 59.8 Å². The topological polar surface area (TPSA) is 41.6 Å². The van der Waals surface area contributed by atoms with E-state index in [1.807, 2.05) is 30.3 Å². The van der Waals surface area contributed by atoms with Crippen molar-refractivity contribution < 1.29 is 18.3 Å². The third kappa shape index (κ3) is 3.75. The number of anilines is 1. The molecule has 0 bridgehead atoms. The molecule has 146 valence electrons. The van der Waals surface area contributed by atoms with Gasteiger partial charge in [-0.3, -0.25) is 4.90 Å². The van der Waals surface area contributed by atoms with Crippen molar-refractivity contribution >= 4 is 29.0 Å². The Labute approximate surface area is 167 Å². The molecule has 0 spiro atoms. The first-order valence-corrected chi connectivity index (χ1v) is 9.23. The van der Waals surface area contributed by atoms with Gasteiger partial charge in [0.1, 0.15) is 11.6 Å². The zero-order chi connectivity index (χ0) is 20.4. The number of rotatable bonds is 4. The van der Waals surface area contributed by atoms with Crippen LogP contribution in [-0.2, 0) is 9.53 Å². The minimum absolute atomic E-state index is 0.107. The smallest absolute Gasteiger partial charge is 0.338 e. The molecule has 1 aliphatic heterocycles. The minimum Gasteiger partial charge on any atom is -0.459 e. The molecule has 2 aromatic rings. The van der Waals surface area contributed by atoms with Gasteiger partial charge in [0.05, 0.1) is 23.3 Å². The van der Waals surface area contributed by atoms with E-state index in [4.69, 9.17) is 17.0 Å². The molecule has 0 aromatic heterocycles. The molecule has 0 saturated carbocycles. The molecule has 4 nitrogen and oxygen atoms in total. The summed E-state index contributed by atoms with van der Waals surface area (Å²) in [5.41, 5.74) is 1.01. The second-order valence-corrected chi connectivity index (χ2v) is 7.03. The van der Waals surface area contributed by atoms with Gasteiger partial charge < -0.3 is 10.1 Å². The largest absolute Gasteiger partial charge is 0.459 e. The van der Waals surface area contributed by atoms with Crippen molar-refractivity contribution in [3.8, 4) is 0 Å². The van der Waals surface area contributed by atoms with E-state index in [1.165, 1.54) is 6.07 Å². The molecular weight excluding hydrogens is 382 g/mol. The van der Waals surface area contributed by atoms with Gasteiger partial charge >= 0.3 is 5.97 Å². The predicted octanol–water partition coefficient (Wildman–Crippen LogP) is 4.63. The summed E-state index contributed by atoms with van der Waals surface area (Å²) in [7, 11) is 0. The van der Waals surface area contributed by atoms with Gasteiger partial charge in [-0.1, -0.05) is 24.3 Å². The van der Waals surface area contributed by atoms with Crippen LogP contribution in [0.2, 0.25) is 0 Å². The third-order valence-corrected chi connectivity index (χ3v) is 4.65. The van der Waals surface area contributed by atoms with Gasteiger partial charge in [-0.05, 0) is 57.3 Å². The fraction of sp³-hybridized carbons (Fsp3) is 0.238. The lowest BCUT2D eigenvalue weighted by atomic mass is 9.94. The Bertz CT molecular complexity index is 924. The summed E-state index contributed by atoms with van der Waals surface area (Å²) >= 11 is 5.46. The van der Waals surface area contributed by atoms with Crippen LogP contribution in [0.4, 0.5) is 14.5 Å². The van der Waals surface area contributed by atoms with Gasteiger partial charge in [0.2, 0.25) is 0 Å². The number of carbonyl (C=O) groups excluding carboxylic acids is 1. The fourth-order valence-electron chi connectivity index (χ4n) is 3.18. The second-order valence-electron chi connectivity index (χ2n) is 6.64. The predicted molar refractivity (Wildman–Crippen MR) is 108 cm³/mol. The summed E-state index contributed by atoms with van der Waals surface area (Å²) in [6.45, 7) is 5.10. The van der Waals surface area contributed by atoms with Gasteiger partial charge in [0.15, 0.2) is 5.11 Å². The van der Waals surface area contributed by atoms with Crippen molar-refractivity contribution in [2.75, 3.05) is 4.90 Å². The standard InChI is InChI=1S/C21H20F2N2O2S/c1-12(2)27-20(26)17-13(3)25(14-8-5-4-6-9-14)21(28)24-19(17)18-15(22)10-7-11-16(18)23/h4-12,19H,1-3H3,(H,24,28)/t19-/m1/s1. The molecule has 28 heavy (non-hydrogen) atoms. The Kier molecular flexibility index (Phi) is 5.74. The highest BCUT2D eigenvalue weighted by molar-refractivity contribution is 7.80. The highest BCUT2D eigenvalue weighted by Crippen LogP contribution is 2.36. The molecule has 1 aliphatic rings. The number of nitrogens with one attached hydrogen (secondary N) is 1. The van der Waals surface area contributed by atoms with Crippen LogP contribution >= 0.6 is 12.2 Å². The lowest BCUT2D eigenvalue weighted by molar-refractivity contribution is -0.143. The first-order chi connectivity index (χ1) is 13.3. The SMILES string of the molecule is CC1=C(C(=O)OC(C)C)[C@H](c2c(F)cccc2F)NC(=S)N1c1ccccc1. The Balaban J connectivity index is 2.19. The number of nitrogens with zero attached hydrogens (tertiary/aromatic N) is 1. The van der Waals surface area contributed by atoms with Crippen molar-refractivity contribution in [1.82, 2.24) is 5.32 Å². The van der Waals surface area contributed by atoms with Crippen molar-refractivity contribution in [1.29, 1.82) is 0 Å². The quantitative estimate of drug-likeness (QED) is 0.597. The highest BCUT2D eigenvalue weighted by Gasteiger charge is 2.38. The Morgan fingerprint density at radius 1 is 1.11 bits per heavy atom. The number of para-hydroxylation sites is 1. The third-order valence-electron chi connectivity index (χ3n) is 4.35. The van der Waals surface area contributed by atoms with Crippen molar-refractivity contribution in [3.05, 3.63) is 77.0 Å². The maximum absolute atomic E-state index is 14.5. The van der Waals surface area contributed by atoms with Gasteiger partial charge in [-0.2, -0.15) is 0 Å². The summed E-state index contributed by atoms with van der Waals surface area (Å²) in [5.74, 6) is -2.19. The summed E-state index contributed by atoms with van der Waals surface area (Å²) in [6, 6.07) is 11.6. The number of ether oxygens (including phenoxy) is 1. The molecule has 0 aliphatic carbocycles. The molecule has 1 atom stereocenters. The lowest BCUT2D eigenvalue weighted by Crippen LogP contribution is -2.48. The van der Waals surface area contributed by atoms with Crippen molar-refractivity contribution in [3.63, 3.8) is 0 Å². The minimum atomic E-state index is -1.10. The van der Waals surface area contributed by atoms with E-state index in [2.05, 4.69) is 5.32 Å². The van der Waals surface area contributed by atoms with E-state index in [-0.39, 0.29) is 16.2 Å². The number of benzene rings is 2. The molecular formula is C21H20F2N2O2S. The maximum atomic E-state index is 14.5. The van der Waals surface area contributed by atoms with E-state index in [0.717, 1.165) is 17.8 Å². The Morgan fingerprint density at radius 3 is 2.29 bits per heavy atom. The summed E-state index contributed by atoms with van der Waals surface area (Å²) < 4.78 is 34.4. The molecule has 0 saturated heterocycles. The van der Waals surface area contributed by atoms with E-state index in [1.54, 1.807) is 25.7 Å². The number of carbonyl (C=O) groups is 1. The first kappa shape index (κ1) is 19.9. The number of hydrogen-bond donors (Lipinski definition) is 1. The van der Waals surface area contributed by atoms with E-state index < -0.39 is 29.7 Å². The second kappa shape index (κ2) is 8.06. The molecule has 2 aromatic carbocycles. The Hall–Kier alpha value is -2.80. The van der Waals surface area contributed by atoms with Gasteiger partial charge in [-0.15, -0.1) is 0 Å². The van der Waals surface area contributed by atoms with Crippen LogP contribution in [0.3, 0.4) is 0 Å². The van der Waals surface area contributed by atoms with Crippen molar-refractivity contribution in [2.45, 2.75) is 32.9 Å². The molecule has 0 amide bonds. The fourth-order valence-corrected chi connectivity index (χ4v) is 3.54. The number of esters is 1. The van der Waals surface area contributed by atoms with Crippen LogP contribution in [-0.4, -0.2) is 17.2 Å². The normalized spacial score (nSPS) is 17.0. The molecule has 3 rings (SSSR count). The highest BCUT2D eigenvalue weighted by atomic mass is 32.1. The van der Waals surface area contributed by atoms with Crippen LogP contribution in [0.5, 0.6) is 0 Å². The molecule has 0 fully saturated rings. The summed E-state index contributed by atoms with van der Waals surface area (Å²) in [4.78, 5) is 14.5. The van der Waals surface area contributed by atoms with Crippen LogP contribution < -0.4 is 10.2 Å². The average molecular weight is 402 g/mol. The first-order valence-electron chi connectivity index (χ1n) is 8.82. The molecule has 0 radical (unpaired) electrons. The van der Waals surface area contributed by atoms with Crippen molar-refractivity contribution in [2.24, 2.45) is 0 Å². The molecule has 0 unspecified atom stereocenters. The zero-order valence-corrected chi connectivity index (χ0v) is 16.5. The van der Waals surface area contributed by atoms with E-state index in [9.17, 15) is 13.6 Å². The van der Waals surface area contributed by atoms with Crippen LogP contribution in [0, 0.1) is 11.6 Å². The zero-order valence-electron chi connectivity index (χ0n) is 15.7. The summed E-state index contributed by atoms with van der Waals surface area (Å²) in [5, 5.41) is 3.15. The number of halogens is 2. The number of hydrogen-bond acceptors (Lipinski definition) is 3. The number of thiocarbonyl (C=S) groups is 1. The molecule has 7 heteroatoms. The number of allylic oxidation sites excluding steroid dienone is 1. The van der Waals surface area contributed by atoms with E-state index >= 15 is 0 Å². The van der Waals surface area contributed by atoms with Gasteiger partial charge in [-0.25, -0.2) is 13.6 Å². The molecule has 1 N–H and O–H groups in total. The molecule has 1 heterocycles. The monoisotopic (exact) mass is 402 g/mol. The van der Waals surface area contributed by atoms with Gasteiger partial charge in [0.25, 0.3) is 0 Å². The summed E-state index contributed by atoms with van der Waals surface area (Å²) in [6.07, 6.45) is -0.391. The lowest BCUT2D eigenvalue weighted by Gasteiger charge is -2.37. The average Bonchev–Trinajstić information content (AvgIpc) is 2.61. The van der Waals surface area contributed by atoms with Gasteiger partial charge in [0, 0.05) is 11.4 Å². The van der Waals surface area contributed by atoms with E-state index in [0.29, 0.717) is 5.70 Å². The van der Waals surface area contributed by atoms with Crippen LogP contribution in [0.1, 0.15) is 32.4 Å². The van der Waals surface area contributed by atoms with Crippen LogP contribution in [0.25, 0.3) is 0 Å². The maximum Gasteiger partial charge on any atom is 0.338 e. The Morgan fingerprint density at radius 2 is 1.71 bits per heavy atom.